The zero-order chi connectivity index (χ0) is 15.0. The van der Waals surface area contributed by atoms with E-state index in [2.05, 4.69) is 21.2 Å². The molecule has 5 nitrogen and oxygen atoms in total. The molecule has 0 aliphatic rings. The van der Waals surface area contributed by atoms with Crippen molar-refractivity contribution in [3.63, 3.8) is 0 Å². The zero-order valence-electron chi connectivity index (χ0n) is 11.8. The Morgan fingerprint density at radius 3 is 2.45 bits per heavy atom. The SMILES string of the molecule is COCC(O)CNCC(O)COc1ccc(C)cc1Br. The highest BCUT2D eigenvalue weighted by atomic mass is 79.9. The van der Waals surface area contributed by atoms with Gasteiger partial charge < -0.3 is 25.0 Å². The van der Waals surface area contributed by atoms with Gasteiger partial charge in [-0.25, -0.2) is 0 Å². The first-order valence-corrected chi connectivity index (χ1v) is 7.27. The Hall–Kier alpha value is -0.660. The van der Waals surface area contributed by atoms with Crippen molar-refractivity contribution >= 4 is 15.9 Å². The first kappa shape index (κ1) is 17.4. The van der Waals surface area contributed by atoms with Crippen LogP contribution in [0.1, 0.15) is 5.56 Å². The molecule has 0 fully saturated rings. The topological polar surface area (TPSA) is 71.0 Å². The molecule has 2 atom stereocenters. The molecule has 0 aliphatic carbocycles. The molecule has 3 N–H and O–H groups in total. The van der Waals surface area contributed by atoms with Gasteiger partial charge in [-0.2, -0.15) is 0 Å². The fourth-order valence-electron chi connectivity index (χ4n) is 1.64. The summed E-state index contributed by atoms with van der Waals surface area (Å²) in [5.41, 5.74) is 1.14. The minimum absolute atomic E-state index is 0.190. The molecule has 0 aliphatic heterocycles. The number of aliphatic hydroxyl groups is 2. The van der Waals surface area contributed by atoms with E-state index in [0.717, 1.165) is 10.0 Å². The summed E-state index contributed by atoms with van der Waals surface area (Å²) in [7, 11) is 1.53. The minimum Gasteiger partial charge on any atom is -0.490 e. The molecule has 1 aromatic carbocycles. The Balaban J connectivity index is 2.24. The van der Waals surface area contributed by atoms with Crippen LogP contribution in [0.15, 0.2) is 22.7 Å². The number of nitrogens with one attached hydrogen (secondary N) is 1. The number of ether oxygens (including phenoxy) is 2. The summed E-state index contributed by atoms with van der Waals surface area (Å²) in [6.07, 6.45) is -1.21. The Morgan fingerprint density at radius 1 is 1.20 bits per heavy atom. The molecule has 0 radical (unpaired) electrons. The number of methoxy groups -OCH3 is 1. The van der Waals surface area contributed by atoms with Crippen LogP contribution in [0.2, 0.25) is 0 Å². The number of rotatable bonds is 9. The molecule has 0 spiro atoms. The van der Waals surface area contributed by atoms with Crippen LogP contribution in [-0.2, 0) is 4.74 Å². The highest BCUT2D eigenvalue weighted by Gasteiger charge is 2.09. The van der Waals surface area contributed by atoms with E-state index in [0.29, 0.717) is 18.8 Å². The maximum Gasteiger partial charge on any atom is 0.133 e. The van der Waals surface area contributed by atoms with Gasteiger partial charge >= 0.3 is 0 Å². The molecular weight excluding hydrogens is 326 g/mol. The lowest BCUT2D eigenvalue weighted by Gasteiger charge is -2.16. The molecule has 6 heteroatoms. The molecule has 0 heterocycles. The summed E-state index contributed by atoms with van der Waals surface area (Å²) >= 11 is 3.42. The summed E-state index contributed by atoms with van der Waals surface area (Å²) in [5.74, 6) is 0.703. The van der Waals surface area contributed by atoms with E-state index >= 15 is 0 Å². The van der Waals surface area contributed by atoms with E-state index in [-0.39, 0.29) is 13.2 Å². The Bertz CT molecular complexity index is 403. The van der Waals surface area contributed by atoms with E-state index in [4.69, 9.17) is 9.47 Å². The molecule has 0 aromatic heterocycles. The molecular formula is C14H22BrNO4. The summed E-state index contributed by atoms with van der Waals surface area (Å²) in [5, 5.41) is 22.2. The van der Waals surface area contributed by atoms with Crippen LogP contribution in [0.3, 0.4) is 0 Å². The van der Waals surface area contributed by atoms with Gasteiger partial charge in [0.1, 0.15) is 18.5 Å². The number of hydrogen-bond acceptors (Lipinski definition) is 5. The summed E-state index contributed by atoms with van der Waals surface area (Å²) in [6.45, 7) is 3.19. The average molecular weight is 348 g/mol. The van der Waals surface area contributed by atoms with Crippen molar-refractivity contribution in [2.24, 2.45) is 0 Å². The second-order valence-electron chi connectivity index (χ2n) is 4.67. The van der Waals surface area contributed by atoms with Crippen molar-refractivity contribution in [3.05, 3.63) is 28.2 Å². The van der Waals surface area contributed by atoms with Crippen LogP contribution in [0.25, 0.3) is 0 Å². The highest BCUT2D eigenvalue weighted by molar-refractivity contribution is 9.10. The normalized spacial score (nSPS) is 14.1. The third-order valence-electron chi connectivity index (χ3n) is 2.64. The number of halogens is 1. The molecule has 0 bridgehead atoms. The van der Waals surface area contributed by atoms with Crippen molar-refractivity contribution in [2.75, 3.05) is 33.4 Å². The van der Waals surface area contributed by atoms with Crippen molar-refractivity contribution in [1.82, 2.24) is 5.32 Å². The third-order valence-corrected chi connectivity index (χ3v) is 3.26. The van der Waals surface area contributed by atoms with Crippen molar-refractivity contribution in [1.29, 1.82) is 0 Å². The first-order valence-electron chi connectivity index (χ1n) is 6.47. The van der Waals surface area contributed by atoms with Gasteiger partial charge in [0.25, 0.3) is 0 Å². The van der Waals surface area contributed by atoms with Crippen LogP contribution in [0.5, 0.6) is 5.75 Å². The predicted octanol–water partition coefficient (Wildman–Crippen LogP) is 1.09. The molecule has 1 aromatic rings. The van der Waals surface area contributed by atoms with Crippen LogP contribution in [-0.4, -0.2) is 55.8 Å². The van der Waals surface area contributed by atoms with E-state index in [1.54, 1.807) is 0 Å². The molecule has 2 unspecified atom stereocenters. The maximum atomic E-state index is 9.78. The Morgan fingerprint density at radius 2 is 1.85 bits per heavy atom. The Labute approximate surface area is 128 Å². The molecule has 0 saturated carbocycles. The lowest BCUT2D eigenvalue weighted by atomic mass is 10.2. The number of hydrogen-bond donors (Lipinski definition) is 3. The summed E-state index contributed by atoms with van der Waals surface area (Å²) in [4.78, 5) is 0. The largest absolute Gasteiger partial charge is 0.490 e. The van der Waals surface area contributed by atoms with Gasteiger partial charge in [0.15, 0.2) is 0 Å². The molecule has 1 rings (SSSR count). The summed E-state index contributed by atoms with van der Waals surface area (Å²) < 4.78 is 11.2. The summed E-state index contributed by atoms with van der Waals surface area (Å²) in [6, 6.07) is 5.77. The number of benzene rings is 1. The Kier molecular flexibility index (Phi) is 8.09. The van der Waals surface area contributed by atoms with E-state index in [9.17, 15) is 10.2 Å². The van der Waals surface area contributed by atoms with Crippen molar-refractivity contribution in [2.45, 2.75) is 19.1 Å². The quantitative estimate of drug-likeness (QED) is 0.623. The van der Waals surface area contributed by atoms with Gasteiger partial charge in [0.05, 0.1) is 17.2 Å². The minimum atomic E-state index is -0.641. The van der Waals surface area contributed by atoms with Gasteiger partial charge in [0, 0.05) is 20.2 Å². The number of aliphatic hydroxyl groups excluding tert-OH is 2. The zero-order valence-corrected chi connectivity index (χ0v) is 13.4. The fraction of sp³-hybridized carbons (Fsp3) is 0.571. The van der Waals surface area contributed by atoms with Gasteiger partial charge in [-0.3, -0.25) is 0 Å². The second kappa shape index (κ2) is 9.31. The van der Waals surface area contributed by atoms with E-state index in [1.165, 1.54) is 7.11 Å². The van der Waals surface area contributed by atoms with Gasteiger partial charge in [-0.1, -0.05) is 6.07 Å². The smallest absolute Gasteiger partial charge is 0.133 e. The first-order chi connectivity index (χ1) is 9.52. The van der Waals surface area contributed by atoms with Crippen LogP contribution >= 0.6 is 15.9 Å². The lowest BCUT2D eigenvalue weighted by Crippen LogP contribution is -2.37. The molecule has 114 valence electrons. The van der Waals surface area contributed by atoms with Gasteiger partial charge in [0.2, 0.25) is 0 Å². The molecule has 20 heavy (non-hydrogen) atoms. The maximum absolute atomic E-state index is 9.78. The number of aryl methyl sites for hydroxylation is 1. The predicted molar refractivity (Wildman–Crippen MR) is 81.1 cm³/mol. The average Bonchev–Trinajstić information content (AvgIpc) is 2.38. The molecule has 0 saturated heterocycles. The van der Waals surface area contributed by atoms with Crippen molar-refractivity contribution in [3.8, 4) is 5.75 Å². The third kappa shape index (κ3) is 6.67. The van der Waals surface area contributed by atoms with Crippen LogP contribution in [0, 0.1) is 6.92 Å². The van der Waals surface area contributed by atoms with Crippen LogP contribution < -0.4 is 10.1 Å². The standard InChI is InChI=1S/C14H22BrNO4/c1-10-3-4-14(13(15)5-10)20-9-12(18)7-16-6-11(17)8-19-2/h3-5,11-12,16-18H,6-9H2,1-2H3. The van der Waals surface area contributed by atoms with Gasteiger partial charge in [-0.05, 0) is 40.5 Å². The van der Waals surface area contributed by atoms with Crippen molar-refractivity contribution < 1.29 is 19.7 Å². The van der Waals surface area contributed by atoms with Crippen LogP contribution in [0.4, 0.5) is 0 Å². The molecule has 0 amide bonds. The highest BCUT2D eigenvalue weighted by Crippen LogP contribution is 2.25. The van der Waals surface area contributed by atoms with E-state index < -0.39 is 12.2 Å². The monoisotopic (exact) mass is 347 g/mol. The fourth-order valence-corrected chi connectivity index (χ4v) is 2.24. The van der Waals surface area contributed by atoms with E-state index in [1.807, 2.05) is 25.1 Å². The lowest BCUT2D eigenvalue weighted by molar-refractivity contribution is 0.0582. The van der Waals surface area contributed by atoms with Gasteiger partial charge in [-0.15, -0.1) is 0 Å². The second-order valence-corrected chi connectivity index (χ2v) is 5.52.